The minimum absolute atomic E-state index is 0.0339. The first-order valence-electron chi connectivity index (χ1n) is 11.4. The Kier molecular flexibility index (Phi) is 8.49. The molecule has 3 aromatic rings. The molecule has 0 fully saturated rings. The van der Waals surface area contributed by atoms with Crippen LogP contribution in [0.15, 0.2) is 48.5 Å². The fourth-order valence-corrected chi connectivity index (χ4v) is 4.06. The third-order valence-corrected chi connectivity index (χ3v) is 5.96. The molecule has 0 saturated heterocycles. The molecule has 1 amide bonds. The summed E-state index contributed by atoms with van der Waals surface area (Å²) >= 11 is 0. The normalized spacial score (nSPS) is 15.7. The van der Waals surface area contributed by atoms with Crippen LogP contribution in [0.25, 0.3) is 10.9 Å². The van der Waals surface area contributed by atoms with Gasteiger partial charge in [0.05, 0.1) is 18.1 Å². The van der Waals surface area contributed by atoms with Crippen LogP contribution >= 0.6 is 0 Å². The van der Waals surface area contributed by atoms with Crippen LogP contribution in [0.1, 0.15) is 37.2 Å². The number of nitrogens with zero attached hydrogens (tertiary/aromatic N) is 2. The van der Waals surface area contributed by atoms with Gasteiger partial charge in [0.25, 0.3) is 0 Å². The zero-order chi connectivity index (χ0) is 23.8. The summed E-state index contributed by atoms with van der Waals surface area (Å²) in [5, 5.41) is 7.12. The number of nitrogens with one attached hydrogen (secondary N) is 2. The summed E-state index contributed by atoms with van der Waals surface area (Å²) in [5.41, 5.74) is 7.88. The standard InChI is InChI=1S/C25H28N4O2.CH5N/c1-16(2)22(15-30)28-24-20-9-5-6-10-21(20)27-23(29-24)14-26-25(31)19-12-11-17-7-3-4-8-18(17)13-19;1-2/h3-10,15-16,19,22H,11-14H2,1-2H3,(H,26,31)(H,27,28,29);2H2,1H3. The van der Waals surface area contributed by atoms with E-state index in [2.05, 4.69) is 44.5 Å². The molecular formula is C26H33N5O2. The van der Waals surface area contributed by atoms with Crippen molar-refractivity contribution >= 4 is 28.9 Å². The average molecular weight is 448 g/mol. The van der Waals surface area contributed by atoms with E-state index < -0.39 is 0 Å². The van der Waals surface area contributed by atoms with Crippen molar-refractivity contribution < 1.29 is 9.59 Å². The van der Waals surface area contributed by atoms with Gasteiger partial charge in [-0.25, -0.2) is 9.97 Å². The number of hydrogen-bond donors (Lipinski definition) is 3. The molecule has 2 unspecified atom stereocenters. The second-order valence-electron chi connectivity index (χ2n) is 8.48. The largest absolute Gasteiger partial charge is 0.360 e. The summed E-state index contributed by atoms with van der Waals surface area (Å²) in [6.07, 6.45) is 3.45. The van der Waals surface area contributed by atoms with Crippen LogP contribution in [0.5, 0.6) is 0 Å². The van der Waals surface area contributed by atoms with Gasteiger partial charge in [-0.1, -0.05) is 50.2 Å². The van der Waals surface area contributed by atoms with Crippen LogP contribution in [0.3, 0.4) is 0 Å². The van der Waals surface area contributed by atoms with Crippen LogP contribution in [0, 0.1) is 11.8 Å². The van der Waals surface area contributed by atoms with E-state index in [1.54, 1.807) is 0 Å². The second kappa shape index (κ2) is 11.5. The van der Waals surface area contributed by atoms with Crippen LogP contribution in [-0.4, -0.2) is 35.3 Å². The molecule has 4 N–H and O–H groups in total. The monoisotopic (exact) mass is 447 g/mol. The molecule has 174 valence electrons. The Hall–Kier alpha value is -3.32. The van der Waals surface area contributed by atoms with E-state index in [9.17, 15) is 9.59 Å². The number of aromatic nitrogens is 2. The molecule has 0 bridgehead atoms. The number of fused-ring (bicyclic) bond motifs is 2. The highest BCUT2D eigenvalue weighted by molar-refractivity contribution is 5.90. The summed E-state index contributed by atoms with van der Waals surface area (Å²) < 4.78 is 0. The minimum atomic E-state index is -0.344. The topological polar surface area (TPSA) is 110 Å². The van der Waals surface area contributed by atoms with E-state index in [1.807, 2.05) is 44.2 Å². The Bertz CT molecular complexity index is 1100. The average Bonchev–Trinajstić information content (AvgIpc) is 2.86. The van der Waals surface area contributed by atoms with Gasteiger partial charge < -0.3 is 21.2 Å². The predicted molar refractivity (Wildman–Crippen MR) is 132 cm³/mol. The van der Waals surface area contributed by atoms with E-state index in [4.69, 9.17) is 0 Å². The number of carbonyl (C=O) groups is 2. The Labute approximate surface area is 195 Å². The molecule has 2 atom stereocenters. The molecule has 7 nitrogen and oxygen atoms in total. The van der Waals surface area contributed by atoms with Gasteiger partial charge in [0.15, 0.2) is 5.82 Å². The Balaban J connectivity index is 0.00000149. The molecule has 0 radical (unpaired) electrons. The Morgan fingerprint density at radius 2 is 1.79 bits per heavy atom. The molecule has 1 heterocycles. The number of hydrogen-bond acceptors (Lipinski definition) is 6. The molecule has 7 heteroatoms. The first-order valence-corrected chi connectivity index (χ1v) is 11.4. The zero-order valence-electron chi connectivity index (χ0n) is 19.5. The maximum atomic E-state index is 12.8. The Morgan fingerprint density at radius 3 is 2.52 bits per heavy atom. The minimum Gasteiger partial charge on any atom is -0.360 e. The van der Waals surface area contributed by atoms with Crippen LogP contribution in [-0.2, 0) is 29.0 Å². The SMILES string of the molecule is CC(C)C(C=O)Nc1nc(CNC(=O)C2CCc3ccccc3C2)nc2ccccc12.CN. The fourth-order valence-electron chi connectivity index (χ4n) is 4.06. The number of benzene rings is 2. The van der Waals surface area contributed by atoms with Crippen LogP contribution in [0.4, 0.5) is 5.82 Å². The van der Waals surface area contributed by atoms with E-state index in [1.165, 1.54) is 18.2 Å². The van der Waals surface area contributed by atoms with Gasteiger partial charge in [0.2, 0.25) is 5.91 Å². The molecule has 4 rings (SSSR count). The summed E-state index contributed by atoms with van der Waals surface area (Å²) in [5.74, 6) is 1.28. The van der Waals surface area contributed by atoms with E-state index in [0.29, 0.717) is 11.6 Å². The van der Waals surface area contributed by atoms with Gasteiger partial charge in [-0.3, -0.25) is 4.79 Å². The van der Waals surface area contributed by atoms with Gasteiger partial charge >= 0.3 is 0 Å². The molecular weight excluding hydrogens is 414 g/mol. The predicted octanol–water partition coefficient (Wildman–Crippen LogP) is 3.26. The van der Waals surface area contributed by atoms with Crippen molar-refractivity contribution in [2.75, 3.05) is 12.4 Å². The lowest BCUT2D eigenvalue weighted by atomic mass is 9.83. The van der Waals surface area contributed by atoms with Gasteiger partial charge in [-0.15, -0.1) is 0 Å². The van der Waals surface area contributed by atoms with Gasteiger partial charge in [-0.2, -0.15) is 0 Å². The van der Waals surface area contributed by atoms with Crippen molar-refractivity contribution in [3.63, 3.8) is 0 Å². The molecule has 2 aromatic carbocycles. The highest BCUT2D eigenvalue weighted by Crippen LogP contribution is 2.26. The lowest BCUT2D eigenvalue weighted by Crippen LogP contribution is -2.34. The third kappa shape index (κ3) is 5.93. The molecule has 1 aliphatic rings. The lowest BCUT2D eigenvalue weighted by molar-refractivity contribution is -0.125. The first kappa shape index (κ1) is 24.3. The summed E-state index contributed by atoms with van der Waals surface area (Å²) in [4.78, 5) is 33.5. The first-order chi connectivity index (χ1) is 16.0. The molecule has 1 aliphatic carbocycles. The maximum absolute atomic E-state index is 12.8. The number of anilines is 1. The fraction of sp³-hybridized carbons (Fsp3) is 0.385. The van der Waals surface area contributed by atoms with Crippen molar-refractivity contribution in [3.8, 4) is 0 Å². The molecule has 0 aliphatic heterocycles. The molecule has 0 saturated carbocycles. The third-order valence-electron chi connectivity index (χ3n) is 5.96. The number of nitrogens with two attached hydrogens (primary N) is 1. The second-order valence-corrected chi connectivity index (χ2v) is 8.48. The van der Waals surface area contributed by atoms with E-state index >= 15 is 0 Å². The lowest BCUT2D eigenvalue weighted by Gasteiger charge is -2.23. The highest BCUT2D eigenvalue weighted by atomic mass is 16.1. The van der Waals surface area contributed by atoms with Crippen LogP contribution in [0.2, 0.25) is 0 Å². The number of rotatable bonds is 7. The van der Waals surface area contributed by atoms with Crippen molar-refractivity contribution in [2.24, 2.45) is 17.6 Å². The van der Waals surface area contributed by atoms with E-state index in [0.717, 1.165) is 36.5 Å². The smallest absolute Gasteiger partial charge is 0.223 e. The van der Waals surface area contributed by atoms with E-state index in [-0.39, 0.29) is 30.3 Å². The van der Waals surface area contributed by atoms with Crippen molar-refractivity contribution in [1.29, 1.82) is 0 Å². The quantitative estimate of drug-likeness (QED) is 0.480. The maximum Gasteiger partial charge on any atom is 0.223 e. The molecule has 1 aromatic heterocycles. The van der Waals surface area contributed by atoms with Crippen molar-refractivity contribution in [2.45, 2.75) is 45.7 Å². The van der Waals surface area contributed by atoms with Crippen LogP contribution < -0.4 is 16.4 Å². The number of amides is 1. The van der Waals surface area contributed by atoms with Crippen molar-refractivity contribution in [1.82, 2.24) is 15.3 Å². The number of aldehydes is 1. The number of aryl methyl sites for hydroxylation is 1. The Morgan fingerprint density at radius 1 is 1.09 bits per heavy atom. The number of carbonyl (C=O) groups excluding carboxylic acids is 2. The van der Waals surface area contributed by atoms with Gasteiger partial charge in [0, 0.05) is 11.3 Å². The molecule has 0 spiro atoms. The highest BCUT2D eigenvalue weighted by Gasteiger charge is 2.24. The van der Waals surface area contributed by atoms with Crippen molar-refractivity contribution in [3.05, 3.63) is 65.5 Å². The van der Waals surface area contributed by atoms with Gasteiger partial charge in [0.1, 0.15) is 12.1 Å². The summed E-state index contributed by atoms with van der Waals surface area (Å²) in [6.45, 7) is 4.22. The summed E-state index contributed by atoms with van der Waals surface area (Å²) in [6, 6.07) is 15.7. The van der Waals surface area contributed by atoms with Gasteiger partial charge in [-0.05, 0) is 55.5 Å². The molecule has 33 heavy (non-hydrogen) atoms. The number of para-hydroxylation sites is 1. The summed E-state index contributed by atoms with van der Waals surface area (Å²) in [7, 11) is 1.50. The zero-order valence-corrected chi connectivity index (χ0v) is 19.5.